The van der Waals surface area contributed by atoms with Crippen molar-refractivity contribution in [3.8, 4) is 0 Å². The van der Waals surface area contributed by atoms with Gasteiger partial charge in [0.1, 0.15) is 5.69 Å². The largest absolute Gasteiger partial charge is 0.352 e. The van der Waals surface area contributed by atoms with Gasteiger partial charge in [-0.05, 0) is 31.6 Å². The maximum Gasteiger partial charge on any atom is 0.317 e. The zero-order chi connectivity index (χ0) is 19.1. The van der Waals surface area contributed by atoms with Crippen LogP contribution in [-0.2, 0) is 13.1 Å². The summed E-state index contributed by atoms with van der Waals surface area (Å²) in [4.78, 5) is 25.4. The number of aromatic nitrogens is 3. The number of hydrogen-bond donors (Lipinski definition) is 3. The van der Waals surface area contributed by atoms with Gasteiger partial charge in [-0.25, -0.2) is 9.59 Å². The fourth-order valence-electron chi connectivity index (χ4n) is 4.04. The van der Waals surface area contributed by atoms with Crippen LogP contribution in [0.25, 0.3) is 0 Å². The second kappa shape index (κ2) is 9.57. The zero-order valence-corrected chi connectivity index (χ0v) is 15.9. The molecule has 1 atom stereocenters. The second-order valence-corrected chi connectivity index (χ2v) is 7.74. The maximum absolute atomic E-state index is 12.7. The zero-order valence-electron chi connectivity index (χ0n) is 15.9. The monoisotopic (exact) mass is 377 g/mol. The first-order valence-electron chi connectivity index (χ1n) is 10.1. The van der Waals surface area contributed by atoms with E-state index in [4.69, 9.17) is 5.73 Å². The van der Waals surface area contributed by atoms with Crippen LogP contribution in [0.1, 0.15) is 57.1 Å². The maximum atomic E-state index is 12.7. The van der Waals surface area contributed by atoms with Gasteiger partial charge in [-0.2, -0.15) is 0 Å². The molecule has 27 heavy (non-hydrogen) atoms. The molecule has 1 saturated carbocycles. The number of carbonyl (C=O) groups is 2. The lowest BCUT2D eigenvalue weighted by atomic mass is 9.98. The molecule has 9 nitrogen and oxygen atoms in total. The highest BCUT2D eigenvalue weighted by atomic mass is 16.2. The van der Waals surface area contributed by atoms with Crippen LogP contribution in [0, 0.1) is 5.92 Å². The quantitative estimate of drug-likeness (QED) is 0.675. The van der Waals surface area contributed by atoms with Gasteiger partial charge >= 0.3 is 12.1 Å². The van der Waals surface area contributed by atoms with Crippen molar-refractivity contribution in [2.24, 2.45) is 11.7 Å². The van der Waals surface area contributed by atoms with Gasteiger partial charge in [-0.3, -0.25) is 4.68 Å². The lowest BCUT2D eigenvalue weighted by molar-refractivity contribution is 0.153. The number of nitrogens with zero attached hydrogens (tertiary/aromatic N) is 4. The minimum Gasteiger partial charge on any atom is -0.352 e. The molecular weight excluding hydrogens is 346 g/mol. The van der Waals surface area contributed by atoms with Crippen LogP contribution in [0.4, 0.5) is 9.59 Å². The molecule has 3 rings (SSSR count). The number of carbonyl (C=O) groups excluding carboxylic acids is 2. The molecule has 4 N–H and O–H groups in total. The Balaban J connectivity index is 1.47. The highest BCUT2D eigenvalue weighted by molar-refractivity contribution is 5.74. The Labute approximate surface area is 160 Å². The van der Waals surface area contributed by atoms with Gasteiger partial charge in [0.25, 0.3) is 0 Å². The van der Waals surface area contributed by atoms with E-state index in [2.05, 4.69) is 20.9 Å². The van der Waals surface area contributed by atoms with Crippen LogP contribution in [0.5, 0.6) is 0 Å². The molecule has 0 aromatic carbocycles. The van der Waals surface area contributed by atoms with Gasteiger partial charge in [0.05, 0.1) is 12.7 Å². The number of rotatable bonds is 5. The highest BCUT2D eigenvalue weighted by Gasteiger charge is 2.26. The smallest absolute Gasteiger partial charge is 0.317 e. The molecule has 1 aliphatic heterocycles. The molecule has 9 heteroatoms. The van der Waals surface area contributed by atoms with E-state index >= 15 is 0 Å². The summed E-state index contributed by atoms with van der Waals surface area (Å²) < 4.78 is 1.79. The molecule has 1 unspecified atom stereocenters. The van der Waals surface area contributed by atoms with Gasteiger partial charge in [0.15, 0.2) is 0 Å². The van der Waals surface area contributed by atoms with E-state index in [1.807, 2.05) is 11.1 Å². The Hall–Kier alpha value is -2.32. The molecule has 1 saturated heterocycles. The number of nitrogens with one attached hydrogen (secondary N) is 2. The molecule has 0 bridgehead atoms. The van der Waals surface area contributed by atoms with Crippen LogP contribution < -0.4 is 16.4 Å². The van der Waals surface area contributed by atoms with Crippen LogP contribution in [0.3, 0.4) is 0 Å². The molecule has 0 radical (unpaired) electrons. The van der Waals surface area contributed by atoms with Crippen LogP contribution in [0.2, 0.25) is 0 Å². The van der Waals surface area contributed by atoms with E-state index in [1.165, 1.54) is 25.7 Å². The summed E-state index contributed by atoms with van der Waals surface area (Å²) in [5.74, 6) is 0.359. The topological polar surface area (TPSA) is 118 Å². The lowest BCUT2D eigenvalue weighted by Crippen LogP contribution is -2.49. The van der Waals surface area contributed by atoms with E-state index in [1.54, 1.807) is 4.68 Å². The van der Waals surface area contributed by atoms with Crippen molar-refractivity contribution in [3.63, 3.8) is 0 Å². The molecule has 4 amide bonds. The van der Waals surface area contributed by atoms with Gasteiger partial charge < -0.3 is 21.3 Å². The standard InChI is InChI=1S/C18H31N7O2/c19-17(26)20-10-16-13-25(23-22-16)12-14-6-5-9-24(11-14)18(27)21-15-7-3-1-2-4-8-15/h13-15H,1-12H2,(H,21,27)(H3,19,20,26). The van der Waals surface area contributed by atoms with Crippen LogP contribution in [-0.4, -0.2) is 51.1 Å². The van der Waals surface area contributed by atoms with Crippen molar-refractivity contribution < 1.29 is 9.59 Å². The predicted molar refractivity (Wildman–Crippen MR) is 101 cm³/mol. The van der Waals surface area contributed by atoms with Crippen molar-refractivity contribution >= 4 is 12.1 Å². The number of likely N-dealkylation sites (tertiary alicyclic amines) is 1. The summed E-state index contributed by atoms with van der Waals surface area (Å²) >= 11 is 0. The van der Waals surface area contributed by atoms with E-state index in [-0.39, 0.29) is 12.6 Å². The first-order chi connectivity index (χ1) is 13.1. The molecule has 0 spiro atoms. The Morgan fingerprint density at radius 2 is 1.93 bits per heavy atom. The van der Waals surface area contributed by atoms with E-state index in [9.17, 15) is 9.59 Å². The van der Waals surface area contributed by atoms with Gasteiger partial charge in [0, 0.05) is 25.7 Å². The third-order valence-electron chi connectivity index (χ3n) is 5.46. The number of primary amides is 1. The fraction of sp³-hybridized carbons (Fsp3) is 0.778. The number of piperidine rings is 1. The van der Waals surface area contributed by atoms with Gasteiger partial charge in [-0.1, -0.05) is 30.9 Å². The SMILES string of the molecule is NC(=O)NCc1cn(CC2CCCN(C(=O)NC3CCCCCC3)C2)nn1. The summed E-state index contributed by atoms with van der Waals surface area (Å²) in [7, 11) is 0. The molecule has 1 aromatic rings. The Morgan fingerprint density at radius 1 is 1.15 bits per heavy atom. The van der Waals surface area contributed by atoms with Crippen molar-refractivity contribution in [2.75, 3.05) is 13.1 Å². The number of hydrogen-bond acceptors (Lipinski definition) is 4. The number of nitrogens with two attached hydrogens (primary N) is 1. The second-order valence-electron chi connectivity index (χ2n) is 7.74. The molecule has 2 heterocycles. The Kier molecular flexibility index (Phi) is 6.89. The third kappa shape index (κ3) is 6.11. The summed E-state index contributed by atoms with van der Waals surface area (Å²) in [6, 6.07) is -0.167. The summed E-state index contributed by atoms with van der Waals surface area (Å²) in [6.45, 7) is 2.56. The fourth-order valence-corrected chi connectivity index (χ4v) is 4.04. The third-order valence-corrected chi connectivity index (χ3v) is 5.46. The van der Waals surface area contributed by atoms with Crippen LogP contribution >= 0.6 is 0 Å². The molecule has 1 aromatic heterocycles. The van der Waals surface area contributed by atoms with E-state index in [0.29, 0.717) is 17.7 Å². The van der Waals surface area contributed by atoms with E-state index in [0.717, 1.165) is 45.3 Å². The average molecular weight is 377 g/mol. The Morgan fingerprint density at radius 3 is 2.67 bits per heavy atom. The average Bonchev–Trinajstić information content (AvgIpc) is 2.94. The molecule has 2 fully saturated rings. The van der Waals surface area contributed by atoms with Crippen LogP contribution in [0.15, 0.2) is 6.20 Å². The first-order valence-corrected chi connectivity index (χ1v) is 10.1. The van der Waals surface area contributed by atoms with Crippen molar-refractivity contribution in [3.05, 3.63) is 11.9 Å². The Bertz CT molecular complexity index is 625. The van der Waals surface area contributed by atoms with Crippen molar-refractivity contribution in [2.45, 2.75) is 70.5 Å². The molecule has 2 aliphatic rings. The van der Waals surface area contributed by atoms with Gasteiger partial charge in [0.2, 0.25) is 0 Å². The number of urea groups is 2. The molecular formula is C18H31N7O2. The van der Waals surface area contributed by atoms with Gasteiger partial charge in [-0.15, -0.1) is 5.10 Å². The van der Waals surface area contributed by atoms with Crippen molar-refractivity contribution in [1.29, 1.82) is 0 Å². The van der Waals surface area contributed by atoms with Crippen molar-refractivity contribution in [1.82, 2.24) is 30.5 Å². The normalized spacial score (nSPS) is 21.5. The molecule has 1 aliphatic carbocycles. The minimum absolute atomic E-state index is 0.0801. The lowest BCUT2D eigenvalue weighted by Gasteiger charge is -2.33. The predicted octanol–water partition coefficient (Wildman–Crippen LogP) is 1.59. The minimum atomic E-state index is -0.577. The first kappa shape index (κ1) is 19.4. The molecule has 150 valence electrons. The van der Waals surface area contributed by atoms with E-state index < -0.39 is 6.03 Å². The highest BCUT2D eigenvalue weighted by Crippen LogP contribution is 2.20. The summed E-state index contributed by atoms with van der Waals surface area (Å²) in [5.41, 5.74) is 5.74. The number of amides is 4. The summed E-state index contributed by atoms with van der Waals surface area (Å²) in [5, 5.41) is 13.9. The summed E-state index contributed by atoms with van der Waals surface area (Å²) in [6.07, 6.45) is 11.1.